The molecule has 67 heavy (non-hydrogen) atoms. The Morgan fingerprint density at radius 2 is 0.806 bits per heavy atom. The van der Waals surface area contributed by atoms with Crippen molar-refractivity contribution in [1.82, 2.24) is 0 Å². The molecule has 2 nitrogen and oxygen atoms in total. The first kappa shape index (κ1) is 38.3. The number of hydrogen-bond acceptors (Lipinski definition) is 2. The van der Waals surface area contributed by atoms with Crippen molar-refractivity contribution in [2.45, 2.75) is 43.9 Å². The van der Waals surface area contributed by atoms with E-state index in [1.54, 1.807) is 0 Å². The predicted molar refractivity (Wildman–Crippen MR) is 277 cm³/mol. The number of hydrogen-bond donors (Lipinski definition) is 0. The lowest BCUT2D eigenvalue weighted by Gasteiger charge is -2.42. The maximum Gasteiger partial charge on any atom is 0.132 e. The number of rotatable bonds is 4. The van der Waals surface area contributed by atoms with E-state index in [1.807, 2.05) is 0 Å². The highest BCUT2D eigenvalue weighted by Crippen LogP contribution is 2.66. The lowest BCUT2D eigenvalue weighted by Crippen LogP contribution is -2.33. The maximum atomic E-state index is 6.92. The van der Waals surface area contributed by atoms with Gasteiger partial charge < -0.3 is 9.64 Å². The summed E-state index contributed by atoms with van der Waals surface area (Å²) in [6, 6.07) is 79.6. The van der Waals surface area contributed by atoms with Crippen molar-refractivity contribution in [3.63, 3.8) is 0 Å². The third-order valence-electron chi connectivity index (χ3n) is 15.9. The van der Waals surface area contributed by atoms with Gasteiger partial charge in [-0.3, -0.25) is 0 Å². The Morgan fingerprint density at radius 3 is 1.40 bits per heavy atom. The summed E-state index contributed by atoms with van der Waals surface area (Å²) >= 11 is 0. The topological polar surface area (TPSA) is 12.5 Å². The van der Waals surface area contributed by atoms with Crippen LogP contribution in [0.2, 0.25) is 0 Å². The second kappa shape index (κ2) is 13.6. The van der Waals surface area contributed by atoms with Gasteiger partial charge in [0.15, 0.2) is 0 Å². The van der Waals surface area contributed by atoms with E-state index < -0.39 is 5.41 Å². The fourth-order valence-corrected chi connectivity index (χ4v) is 12.8. The van der Waals surface area contributed by atoms with Crippen molar-refractivity contribution >= 4 is 27.8 Å². The summed E-state index contributed by atoms with van der Waals surface area (Å²) in [5.74, 6) is 1.76. The highest BCUT2D eigenvalue weighted by molar-refractivity contribution is 6.03. The van der Waals surface area contributed by atoms with E-state index in [1.165, 1.54) is 88.7 Å². The van der Waals surface area contributed by atoms with Crippen molar-refractivity contribution in [2.24, 2.45) is 0 Å². The molecule has 14 rings (SSSR count). The quantitative estimate of drug-likeness (QED) is 0.175. The third kappa shape index (κ3) is 5.05. The molecule has 0 aromatic heterocycles. The molecule has 0 saturated heterocycles. The molecule has 0 unspecified atom stereocenters. The Labute approximate surface area is 392 Å². The summed E-state index contributed by atoms with van der Waals surface area (Å²) in [7, 11) is 0. The molecule has 0 radical (unpaired) electrons. The van der Waals surface area contributed by atoms with E-state index >= 15 is 0 Å². The largest absolute Gasteiger partial charge is 0.457 e. The van der Waals surface area contributed by atoms with Gasteiger partial charge >= 0.3 is 0 Å². The molecule has 10 aromatic carbocycles. The van der Waals surface area contributed by atoms with E-state index in [4.69, 9.17) is 4.74 Å². The van der Waals surface area contributed by atoms with Gasteiger partial charge in [-0.05, 0) is 132 Å². The Hall–Kier alpha value is -7.94. The summed E-state index contributed by atoms with van der Waals surface area (Å²) in [5, 5.41) is 2.46. The van der Waals surface area contributed by atoms with Crippen LogP contribution < -0.4 is 9.64 Å². The minimum absolute atomic E-state index is 0.187. The number of nitrogens with zero attached hydrogens (tertiary/aromatic N) is 1. The highest BCUT2D eigenvalue weighted by atomic mass is 16.5. The van der Waals surface area contributed by atoms with Crippen LogP contribution in [-0.4, -0.2) is 0 Å². The highest BCUT2D eigenvalue weighted by Gasteiger charge is 2.54. The Bertz CT molecular complexity index is 3600. The molecule has 0 fully saturated rings. The zero-order valence-electron chi connectivity index (χ0n) is 38.1. The fraction of sp³-hybridized carbons (Fsp3) is 0.108. The van der Waals surface area contributed by atoms with Crippen LogP contribution in [-0.2, 0) is 16.2 Å². The molecule has 0 bridgehead atoms. The smallest absolute Gasteiger partial charge is 0.132 e. The van der Waals surface area contributed by atoms with Gasteiger partial charge in [-0.2, -0.15) is 0 Å². The molecule has 1 heterocycles. The van der Waals surface area contributed by atoms with Crippen LogP contribution in [0, 0.1) is 0 Å². The lowest BCUT2D eigenvalue weighted by molar-refractivity contribution is 0.436. The average molecular weight is 858 g/mol. The second-order valence-corrected chi connectivity index (χ2v) is 20.0. The van der Waals surface area contributed by atoms with E-state index in [9.17, 15) is 0 Å². The van der Waals surface area contributed by atoms with Gasteiger partial charge in [0.1, 0.15) is 11.5 Å². The van der Waals surface area contributed by atoms with Crippen molar-refractivity contribution < 1.29 is 4.74 Å². The van der Waals surface area contributed by atoms with Gasteiger partial charge in [0.05, 0.1) is 11.1 Å². The molecule has 3 aliphatic carbocycles. The number of benzene rings is 10. The molecule has 1 spiro atoms. The molecule has 0 N–H and O–H groups in total. The summed E-state index contributed by atoms with van der Waals surface area (Å²) in [6.07, 6.45) is 0. The molecule has 0 atom stereocenters. The van der Waals surface area contributed by atoms with Crippen molar-refractivity contribution in [3.05, 3.63) is 257 Å². The minimum atomic E-state index is -0.726. The van der Waals surface area contributed by atoms with Crippen LogP contribution in [0.15, 0.2) is 212 Å². The van der Waals surface area contributed by atoms with Crippen LogP contribution in [0.3, 0.4) is 0 Å². The molecular formula is C65H47NO. The Balaban J connectivity index is 1.13. The maximum absolute atomic E-state index is 6.92. The van der Waals surface area contributed by atoms with Crippen LogP contribution in [0.1, 0.15) is 72.2 Å². The van der Waals surface area contributed by atoms with Gasteiger partial charge in [-0.25, -0.2) is 0 Å². The van der Waals surface area contributed by atoms with Gasteiger partial charge in [0, 0.05) is 38.9 Å². The van der Waals surface area contributed by atoms with E-state index in [-0.39, 0.29) is 10.8 Å². The summed E-state index contributed by atoms with van der Waals surface area (Å²) in [4.78, 5) is 2.59. The molecular weight excluding hydrogens is 811 g/mol. The summed E-state index contributed by atoms with van der Waals surface area (Å²) in [6.45, 7) is 9.55. The van der Waals surface area contributed by atoms with Crippen molar-refractivity contribution in [3.8, 4) is 56.0 Å². The molecule has 10 aromatic rings. The van der Waals surface area contributed by atoms with Crippen LogP contribution in [0.5, 0.6) is 11.5 Å². The molecule has 2 heteroatoms. The Morgan fingerprint density at radius 1 is 0.343 bits per heavy atom. The number of para-hydroxylation sites is 2. The zero-order valence-corrected chi connectivity index (χ0v) is 38.1. The molecule has 1 aliphatic heterocycles. The first-order chi connectivity index (χ1) is 32.7. The second-order valence-electron chi connectivity index (χ2n) is 20.0. The zero-order chi connectivity index (χ0) is 44.8. The lowest BCUT2D eigenvalue weighted by atomic mass is 9.65. The van der Waals surface area contributed by atoms with Crippen molar-refractivity contribution in [1.29, 1.82) is 0 Å². The van der Waals surface area contributed by atoms with Gasteiger partial charge in [-0.15, -0.1) is 0 Å². The summed E-state index contributed by atoms with van der Waals surface area (Å²) < 4.78 is 6.92. The molecule has 0 amide bonds. The number of ether oxygens (including phenoxy) is 1. The predicted octanol–water partition coefficient (Wildman–Crippen LogP) is 17.1. The van der Waals surface area contributed by atoms with Crippen LogP contribution >= 0.6 is 0 Å². The monoisotopic (exact) mass is 857 g/mol. The minimum Gasteiger partial charge on any atom is -0.457 e. The van der Waals surface area contributed by atoms with Gasteiger partial charge in [0.2, 0.25) is 0 Å². The summed E-state index contributed by atoms with van der Waals surface area (Å²) in [5.41, 5.74) is 22.7. The average Bonchev–Trinajstić information content (AvgIpc) is 3.89. The first-order valence-corrected chi connectivity index (χ1v) is 23.7. The molecule has 4 aliphatic rings. The first-order valence-electron chi connectivity index (χ1n) is 23.7. The molecule has 318 valence electrons. The van der Waals surface area contributed by atoms with E-state index in [0.717, 1.165) is 39.7 Å². The standard InChI is InChI=1S/C65H47NO/c1-63(2)51-22-10-7-19-46(51)48-33-31-43(38-56(48)63)66(44-32-34-49-47-20-8-11-23-52(47)64(3,4)57(49)39-44)58-36-35-45(42-30-29-40-17-5-6-18-41(40)37-42)61-50-21-9-12-24-53(50)65(62(58)61)54-25-13-15-27-59(54)67-60-28-16-14-26-55(60)65/h5-39H,1-4H3. The van der Waals surface area contributed by atoms with Crippen LogP contribution in [0.25, 0.3) is 55.3 Å². The fourth-order valence-electron chi connectivity index (χ4n) is 12.8. The van der Waals surface area contributed by atoms with E-state index in [0.29, 0.717) is 0 Å². The normalized spacial score (nSPS) is 15.3. The number of anilines is 3. The molecule has 0 saturated carbocycles. The van der Waals surface area contributed by atoms with Crippen molar-refractivity contribution in [2.75, 3.05) is 4.90 Å². The van der Waals surface area contributed by atoms with Gasteiger partial charge in [0.25, 0.3) is 0 Å². The Kier molecular flexibility index (Phi) is 7.76. The van der Waals surface area contributed by atoms with Gasteiger partial charge in [-0.1, -0.05) is 191 Å². The van der Waals surface area contributed by atoms with E-state index in [2.05, 4.69) is 245 Å². The van der Waals surface area contributed by atoms with Crippen LogP contribution in [0.4, 0.5) is 17.1 Å². The third-order valence-corrected chi connectivity index (χ3v) is 15.9. The SMILES string of the molecule is CC1(C)c2ccccc2-c2ccc(N(c3ccc4c(c3)C(C)(C)c3ccccc3-4)c3ccc(-c4ccc5ccccc5c4)c4c3C3(c5ccccc5Oc5ccccc53)c3ccccc3-4)cc21. The number of fused-ring (bicyclic) bond motifs is 16.